The van der Waals surface area contributed by atoms with Crippen LogP contribution in [0.5, 0.6) is 5.88 Å². The van der Waals surface area contributed by atoms with E-state index in [0.717, 1.165) is 17.8 Å². The van der Waals surface area contributed by atoms with E-state index in [9.17, 15) is 4.79 Å². The number of aromatic nitrogens is 3. The summed E-state index contributed by atoms with van der Waals surface area (Å²) in [5.41, 5.74) is 0.927. The van der Waals surface area contributed by atoms with E-state index in [1.54, 1.807) is 24.8 Å². The van der Waals surface area contributed by atoms with E-state index in [-0.39, 0.29) is 12.0 Å². The van der Waals surface area contributed by atoms with Crippen LogP contribution in [0.1, 0.15) is 12.0 Å². The van der Waals surface area contributed by atoms with Gasteiger partial charge in [0.05, 0.1) is 25.4 Å². The van der Waals surface area contributed by atoms with Gasteiger partial charge in [-0.15, -0.1) is 0 Å². The van der Waals surface area contributed by atoms with Crippen LogP contribution in [-0.4, -0.2) is 59.0 Å². The van der Waals surface area contributed by atoms with Crippen LogP contribution < -0.4 is 9.64 Å². The Morgan fingerprint density at radius 3 is 2.96 bits per heavy atom. The molecule has 126 valence electrons. The van der Waals surface area contributed by atoms with E-state index in [0.29, 0.717) is 25.4 Å². The second kappa shape index (κ2) is 7.25. The molecule has 1 aliphatic heterocycles. The van der Waals surface area contributed by atoms with E-state index >= 15 is 0 Å². The predicted molar refractivity (Wildman–Crippen MR) is 89.9 cm³/mol. The molecule has 1 atom stereocenters. The van der Waals surface area contributed by atoms with Crippen molar-refractivity contribution in [3.05, 3.63) is 42.5 Å². The maximum Gasteiger partial charge on any atom is 0.234 e. The summed E-state index contributed by atoms with van der Waals surface area (Å²) in [6.07, 6.45) is 7.84. The maximum absolute atomic E-state index is 12.4. The average molecular weight is 327 g/mol. The first-order chi connectivity index (χ1) is 11.6. The van der Waals surface area contributed by atoms with Crippen LogP contribution in [0.15, 0.2) is 36.9 Å². The van der Waals surface area contributed by atoms with Crippen molar-refractivity contribution >= 4 is 11.7 Å². The van der Waals surface area contributed by atoms with Gasteiger partial charge in [0, 0.05) is 39.5 Å². The highest BCUT2D eigenvalue weighted by Gasteiger charge is 2.28. The first-order valence-electron chi connectivity index (χ1n) is 7.94. The number of amides is 1. The molecule has 3 rings (SSSR count). The van der Waals surface area contributed by atoms with Crippen LogP contribution >= 0.6 is 0 Å². The molecular weight excluding hydrogens is 306 g/mol. The Morgan fingerprint density at radius 2 is 2.21 bits per heavy atom. The molecule has 0 bridgehead atoms. The van der Waals surface area contributed by atoms with Crippen molar-refractivity contribution in [3.63, 3.8) is 0 Å². The lowest BCUT2D eigenvalue weighted by Gasteiger charge is -2.17. The van der Waals surface area contributed by atoms with Gasteiger partial charge in [-0.05, 0) is 11.6 Å². The summed E-state index contributed by atoms with van der Waals surface area (Å²) in [6.45, 7) is 1.28. The van der Waals surface area contributed by atoms with Crippen molar-refractivity contribution in [2.45, 2.75) is 18.9 Å². The molecule has 0 radical (unpaired) electrons. The van der Waals surface area contributed by atoms with Crippen LogP contribution in [0, 0.1) is 0 Å². The highest BCUT2D eigenvalue weighted by Crippen LogP contribution is 2.18. The van der Waals surface area contributed by atoms with E-state index in [4.69, 9.17) is 4.74 Å². The van der Waals surface area contributed by atoms with E-state index in [1.165, 1.54) is 0 Å². The van der Waals surface area contributed by atoms with Crippen molar-refractivity contribution in [3.8, 4) is 5.88 Å². The van der Waals surface area contributed by atoms with Crippen LogP contribution in [0.2, 0.25) is 0 Å². The number of anilines is 1. The molecule has 0 saturated carbocycles. The first-order valence-corrected chi connectivity index (χ1v) is 7.94. The lowest BCUT2D eigenvalue weighted by molar-refractivity contribution is -0.129. The minimum atomic E-state index is -0.0467. The van der Waals surface area contributed by atoms with Gasteiger partial charge in [-0.2, -0.15) is 4.98 Å². The molecule has 2 aromatic heterocycles. The van der Waals surface area contributed by atoms with Crippen LogP contribution in [0.3, 0.4) is 0 Å². The zero-order chi connectivity index (χ0) is 16.9. The Balaban J connectivity index is 1.55. The fourth-order valence-corrected chi connectivity index (χ4v) is 2.62. The summed E-state index contributed by atoms with van der Waals surface area (Å²) in [6, 6.07) is 3.76. The Kier molecular flexibility index (Phi) is 4.88. The van der Waals surface area contributed by atoms with Crippen molar-refractivity contribution < 1.29 is 9.53 Å². The minimum absolute atomic E-state index is 0.0467. The van der Waals surface area contributed by atoms with E-state index in [1.807, 2.05) is 36.0 Å². The van der Waals surface area contributed by atoms with Crippen LogP contribution in [0.25, 0.3) is 0 Å². The molecule has 3 heterocycles. The standard InChI is InChI=1S/C17H21N5O2/c1-21(2)15-10-19-11-16(20-15)24-14-5-7-22(12-14)17(23)8-13-4-3-6-18-9-13/h3-4,6,9-11,14H,5,7-8,12H2,1-2H3/t14-/m1/s1. The lowest BCUT2D eigenvalue weighted by Crippen LogP contribution is -2.32. The Labute approximate surface area is 141 Å². The fraction of sp³-hybridized carbons (Fsp3) is 0.412. The molecule has 24 heavy (non-hydrogen) atoms. The third kappa shape index (κ3) is 3.98. The van der Waals surface area contributed by atoms with E-state index < -0.39 is 0 Å². The Bertz CT molecular complexity index is 692. The van der Waals surface area contributed by atoms with Crippen LogP contribution in [0.4, 0.5) is 5.82 Å². The second-order valence-corrected chi connectivity index (χ2v) is 6.02. The molecule has 1 fully saturated rings. The molecule has 0 aliphatic carbocycles. The molecule has 0 aromatic carbocycles. The molecule has 7 heteroatoms. The summed E-state index contributed by atoms with van der Waals surface area (Å²) in [4.78, 5) is 28.7. The molecule has 1 saturated heterocycles. The summed E-state index contributed by atoms with van der Waals surface area (Å²) >= 11 is 0. The zero-order valence-electron chi connectivity index (χ0n) is 13.9. The number of likely N-dealkylation sites (tertiary alicyclic amines) is 1. The summed E-state index contributed by atoms with van der Waals surface area (Å²) in [5.74, 6) is 1.34. The Hall–Kier alpha value is -2.70. The molecule has 2 aromatic rings. The van der Waals surface area contributed by atoms with Gasteiger partial charge in [0.15, 0.2) is 5.82 Å². The highest BCUT2D eigenvalue weighted by atomic mass is 16.5. The molecule has 7 nitrogen and oxygen atoms in total. The van der Waals surface area contributed by atoms with Gasteiger partial charge in [0.25, 0.3) is 0 Å². The molecule has 1 aliphatic rings. The van der Waals surface area contributed by atoms with Crippen molar-refractivity contribution in [1.29, 1.82) is 0 Å². The summed E-state index contributed by atoms with van der Waals surface area (Å²) in [7, 11) is 3.81. The number of hydrogen-bond acceptors (Lipinski definition) is 6. The number of hydrogen-bond donors (Lipinski definition) is 0. The summed E-state index contributed by atoms with van der Waals surface area (Å²) < 4.78 is 5.89. The van der Waals surface area contributed by atoms with Crippen LogP contribution in [-0.2, 0) is 11.2 Å². The number of nitrogens with zero attached hydrogens (tertiary/aromatic N) is 5. The summed E-state index contributed by atoms with van der Waals surface area (Å²) in [5, 5.41) is 0. The van der Waals surface area contributed by atoms with Gasteiger partial charge in [0.1, 0.15) is 6.10 Å². The van der Waals surface area contributed by atoms with Gasteiger partial charge < -0.3 is 14.5 Å². The smallest absolute Gasteiger partial charge is 0.234 e. The van der Waals surface area contributed by atoms with Crippen molar-refractivity contribution in [1.82, 2.24) is 19.9 Å². The minimum Gasteiger partial charge on any atom is -0.471 e. The van der Waals surface area contributed by atoms with Gasteiger partial charge in [-0.3, -0.25) is 14.8 Å². The number of ether oxygens (including phenoxy) is 1. The normalized spacial score (nSPS) is 16.9. The average Bonchev–Trinajstić information content (AvgIpc) is 3.04. The number of rotatable bonds is 5. The maximum atomic E-state index is 12.4. The van der Waals surface area contributed by atoms with Crippen molar-refractivity contribution in [2.75, 3.05) is 32.1 Å². The van der Waals surface area contributed by atoms with Gasteiger partial charge in [-0.1, -0.05) is 6.07 Å². The quantitative estimate of drug-likeness (QED) is 0.821. The molecule has 0 N–H and O–H groups in total. The fourth-order valence-electron chi connectivity index (χ4n) is 2.62. The largest absolute Gasteiger partial charge is 0.471 e. The van der Waals surface area contributed by atoms with E-state index in [2.05, 4.69) is 15.0 Å². The lowest BCUT2D eigenvalue weighted by atomic mass is 10.2. The monoisotopic (exact) mass is 327 g/mol. The molecule has 0 spiro atoms. The topological polar surface area (TPSA) is 71.5 Å². The number of pyridine rings is 1. The zero-order valence-corrected chi connectivity index (χ0v) is 13.9. The third-order valence-electron chi connectivity index (χ3n) is 3.92. The molecule has 0 unspecified atom stereocenters. The Morgan fingerprint density at radius 1 is 1.33 bits per heavy atom. The number of carbonyl (C=O) groups is 1. The molecule has 1 amide bonds. The second-order valence-electron chi connectivity index (χ2n) is 6.02. The third-order valence-corrected chi connectivity index (χ3v) is 3.92. The molecular formula is C17H21N5O2. The van der Waals surface area contributed by atoms with Gasteiger partial charge in [0.2, 0.25) is 11.8 Å². The van der Waals surface area contributed by atoms with Gasteiger partial charge in [-0.25, -0.2) is 0 Å². The first kappa shape index (κ1) is 16.2. The van der Waals surface area contributed by atoms with Gasteiger partial charge >= 0.3 is 0 Å². The SMILES string of the molecule is CN(C)c1cncc(O[C@@H]2CCN(C(=O)Cc3cccnc3)C2)n1. The predicted octanol–water partition coefficient (Wildman–Crippen LogP) is 1.16. The highest BCUT2D eigenvalue weighted by molar-refractivity contribution is 5.79. The number of carbonyl (C=O) groups excluding carboxylic acids is 1. The van der Waals surface area contributed by atoms with Crippen molar-refractivity contribution in [2.24, 2.45) is 0 Å².